The fourth-order valence-corrected chi connectivity index (χ4v) is 11.2. The highest BCUT2D eigenvalue weighted by Gasteiger charge is 2.29. The van der Waals surface area contributed by atoms with Crippen molar-refractivity contribution in [1.82, 2.24) is 9.13 Å². The van der Waals surface area contributed by atoms with Crippen LogP contribution in [0.4, 0.5) is 5.69 Å². The molecule has 0 saturated heterocycles. The first-order valence-corrected chi connectivity index (χ1v) is 26.7. The van der Waals surface area contributed by atoms with Crippen molar-refractivity contribution >= 4 is 70.3 Å². The van der Waals surface area contributed by atoms with Crippen molar-refractivity contribution in [2.75, 3.05) is 18.4 Å². The van der Waals surface area contributed by atoms with Gasteiger partial charge in [-0.2, -0.15) is 0 Å². The molecule has 0 saturated carbocycles. The second-order valence-corrected chi connectivity index (χ2v) is 19.7. The second-order valence-electron chi connectivity index (χ2n) is 19.7. The van der Waals surface area contributed by atoms with Crippen LogP contribution in [0.25, 0.3) is 64.6 Å². The van der Waals surface area contributed by atoms with Gasteiger partial charge in [-0.15, -0.1) is 0 Å². The largest absolute Gasteiger partial charge is 0.494 e. The maximum absolute atomic E-state index is 15.3. The molecule has 8 heteroatoms. The average Bonchev–Trinajstić information content (AvgIpc) is 3.32. The van der Waals surface area contributed by atoms with Crippen LogP contribution in [-0.2, 0) is 0 Å². The molecule has 2 N–H and O–H groups in total. The van der Waals surface area contributed by atoms with Crippen LogP contribution in [-0.4, -0.2) is 27.3 Å². The van der Waals surface area contributed by atoms with Gasteiger partial charge in [-0.1, -0.05) is 169 Å². The number of hydrogen-bond donors (Lipinski definition) is 2. The van der Waals surface area contributed by atoms with E-state index in [2.05, 4.69) is 71.1 Å². The van der Waals surface area contributed by atoms with Gasteiger partial charge in [-0.3, -0.25) is 28.5 Å². The quantitative estimate of drug-likeness (QED) is 0.0277. The minimum atomic E-state index is -0.193. The maximum atomic E-state index is 15.3. The molecular formula is C58H80N4O4. The number of nitrogens with one attached hydrogen (secondary N) is 1. The molecule has 7 aromatic rings. The summed E-state index contributed by atoms with van der Waals surface area (Å²) in [7, 11) is 0. The molecule has 0 amide bonds. The predicted molar refractivity (Wildman–Crippen MR) is 283 cm³/mol. The van der Waals surface area contributed by atoms with Crippen LogP contribution in [0.15, 0.2) is 55.8 Å². The molecule has 7 rings (SSSR count). The number of aromatic hydroxyl groups is 1. The van der Waals surface area contributed by atoms with Gasteiger partial charge in [-0.05, 0) is 95.1 Å². The van der Waals surface area contributed by atoms with Crippen LogP contribution in [0.1, 0.15) is 208 Å². The van der Waals surface area contributed by atoms with E-state index in [4.69, 9.17) is 4.99 Å². The highest BCUT2D eigenvalue weighted by Crippen LogP contribution is 2.47. The fraction of sp³-hybridized carbons (Fsp3) is 0.586. The van der Waals surface area contributed by atoms with E-state index in [0.717, 1.165) is 203 Å². The third-order valence-electron chi connectivity index (χ3n) is 14.8. The SMILES string of the molecule is CCCCCCC(CCCCCC)n1c(O)c2ccc3c4ccc5c(=O)n(C(CCCCCC)CCCCCC)c(=O)c6c(NCCCC)cc(c7cc(=NCCCC)c(c1=O)c2c37)c4c56. The van der Waals surface area contributed by atoms with E-state index < -0.39 is 0 Å². The third-order valence-corrected chi connectivity index (χ3v) is 14.8. The van der Waals surface area contributed by atoms with Gasteiger partial charge in [-0.25, -0.2) is 0 Å². The molecule has 0 aliphatic carbocycles. The number of hydrogen-bond acceptors (Lipinski definition) is 6. The van der Waals surface area contributed by atoms with Gasteiger partial charge in [0, 0.05) is 52.4 Å². The van der Waals surface area contributed by atoms with Gasteiger partial charge < -0.3 is 10.4 Å². The lowest BCUT2D eigenvalue weighted by molar-refractivity contribution is 0.334. The number of pyridine rings is 2. The van der Waals surface area contributed by atoms with Gasteiger partial charge in [0.2, 0.25) is 5.88 Å². The van der Waals surface area contributed by atoms with Crippen LogP contribution >= 0.6 is 0 Å². The van der Waals surface area contributed by atoms with Crippen LogP contribution in [0.2, 0.25) is 0 Å². The Kier molecular flexibility index (Phi) is 17.4. The predicted octanol–water partition coefficient (Wildman–Crippen LogP) is 15.2. The van der Waals surface area contributed by atoms with Crippen molar-refractivity contribution in [3.8, 4) is 5.88 Å². The van der Waals surface area contributed by atoms with E-state index in [1.165, 1.54) is 0 Å². The van der Waals surface area contributed by atoms with Crippen LogP contribution in [0, 0.1) is 0 Å². The maximum Gasteiger partial charge on any atom is 0.263 e. The lowest BCUT2D eigenvalue weighted by Crippen LogP contribution is -2.37. The normalized spacial score (nSPS) is 12.8. The molecular weight excluding hydrogens is 817 g/mol. The molecule has 0 aliphatic rings. The van der Waals surface area contributed by atoms with Crippen molar-refractivity contribution in [3.05, 3.63) is 72.8 Å². The van der Waals surface area contributed by atoms with Gasteiger partial charge in [0.05, 0.1) is 16.1 Å². The first-order chi connectivity index (χ1) is 32.3. The lowest BCUT2D eigenvalue weighted by atomic mass is 9.85. The topological polar surface area (TPSA) is 106 Å². The molecule has 0 fully saturated rings. The zero-order valence-corrected chi connectivity index (χ0v) is 41.5. The van der Waals surface area contributed by atoms with Crippen molar-refractivity contribution in [2.45, 2.75) is 208 Å². The van der Waals surface area contributed by atoms with Crippen LogP contribution < -0.4 is 27.4 Å². The molecule has 0 unspecified atom stereocenters. The summed E-state index contributed by atoms with van der Waals surface area (Å²) >= 11 is 0. The molecule has 0 radical (unpaired) electrons. The van der Waals surface area contributed by atoms with E-state index >= 15 is 14.4 Å². The Hall–Kier alpha value is -4.72. The molecule has 2 heterocycles. The first kappa shape index (κ1) is 49.2. The average molecular weight is 897 g/mol. The Labute approximate surface area is 392 Å². The highest BCUT2D eigenvalue weighted by atomic mass is 16.3. The molecule has 5 aromatic carbocycles. The molecule has 356 valence electrons. The number of nitrogens with zero attached hydrogens (tertiary/aromatic N) is 3. The van der Waals surface area contributed by atoms with E-state index in [0.29, 0.717) is 40.0 Å². The lowest BCUT2D eigenvalue weighted by Gasteiger charge is -2.25. The Morgan fingerprint density at radius 1 is 0.455 bits per heavy atom. The summed E-state index contributed by atoms with van der Waals surface area (Å²) in [5.74, 6) is 0.0416. The summed E-state index contributed by atoms with van der Waals surface area (Å²) < 4.78 is 3.38. The third kappa shape index (κ3) is 9.81. The molecule has 0 aliphatic heterocycles. The summed E-state index contributed by atoms with van der Waals surface area (Å²) in [6.07, 6.45) is 24.7. The first-order valence-electron chi connectivity index (χ1n) is 26.7. The van der Waals surface area contributed by atoms with E-state index in [-0.39, 0.29) is 34.6 Å². The molecule has 8 nitrogen and oxygen atoms in total. The molecule has 0 bridgehead atoms. The monoisotopic (exact) mass is 897 g/mol. The van der Waals surface area contributed by atoms with Crippen molar-refractivity contribution < 1.29 is 5.11 Å². The zero-order valence-electron chi connectivity index (χ0n) is 41.5. The number of benzene rings is 5. The Morgan fingerprint density at radius 2 is 0.909 bits per heavy atom. The van der Waals surface area contributed by atoms with Crippen molar-refractivity contribution in [2.24, 2.45) is 4.99 Å². The van der Waals surface area contributed by atoms with Crippen molar-refractivity contribution in [1.29, 1.82) is 0 Å². The highest BCUT2D eigenvalue weighted by molar-refractivity contribution is 6.40. The summed E-state index contributed by atoms with van der Waals surface area (Å²) in [6, 6.07) is 12.1. The van der Waals surface area contributed by atoms with E-state index in [1.54, 1.807) is 9.13 Å². The molecule has 0 spiro atoms. The van der Waals surface area contributed by atoms with Crippen LogP contribution in [0.5, 0.6) is 5.88 Å². The summed E-state index contributed by atoms with van der Waals surface area (Å²) in [5.41, 5.74) is 0.202. The minimum absolute atomic E-state index is 0.0416. The molecule has 0 atom stereocenters. The minimum Gasteiger partial charge on any atom is -0.494 e. The summed E-state index contributed by atoms with van der Waals surface area (Å²) in [4.78, 5) is 50.9. The number of fused-ring (bicyclic) bond motifs is 2. The van der Waals surface area contributed by atoms with Crippen molar-refractivity contribution in [3.63, 3.8) is 0 Å². The standard InChI is InChI=1S/C58H80N4O4/c1-7-13-19-23-27-39(28-24-20-14-8-2)61-55(63)43-33-31-41-42-32-34-44-52-50(42)46(45-37-47(59-35-17-11-5)53(57(61)65)51(43)49(41)45)38-48(60-36-18-12-6)54(52)58(66)62(56(44)64)40(29-25-21-15-9-3)30-26-22-16-10-4/h31-34,37-40,59,64H,7-30,35-36H2,1-6H3. The van der Waals surface area contributed by atoms with Gasteiger partial charge in [0.15, 0.2) is 0 Å². The van der Waals surface area contributed by atoms with Crippen LogP contribution in [0.3, 0.4) is 0 Å². The second kappa shape index (κ2) is 23.3. The Morgan fingerprint density at radius 3 is 1.44 bits per heavy atom. The number of aromatic nitrogens is 2. The zero-order chi connectivity index (χ0) is 46.7. The molecule has 2 aromatic heterocycles. The Balaban J connectivity index is 1.55. The number of anilines is 1. The Bertz CT molecular complexity index is 2910. The molecule has 66 heavy (non-hydrogen) atoms. The van der Waals surface area contributed by atoms with Gasteiger partial charge >= 0.3 is 0 Å². The van der Waals surface area contributed by atoms with E-state index in [1.807, 2.05) is 12.1 Å². The number of unbranched alkanes of at least 4 members (excludes halogenated alkanes) is 14. The van der Waals surface area contributed by atoms with E-state index in [9.17, 15) is 5.11 Å². The summed E-state index contributed by atoms with van der Waals surface area (Å²) in [5, 5.41) is 26.3. The summed E-state index contributed by atoms with van der Waals surface area (Å²) in [6.45, 7) is 14.5. The van der Waals surface area contributed by atoms with Gasteiger partial charge in [0.25, 0.3) is 16.7 Å². The number of rotatable bonds is 29. The van der Waals surface area contributed by atoms with Gasteiger partial charge in [0.1, 0.15) is 0 Å². The fourth-order valence-electron chi connectivity index (χ4n) is 11.2. The smallest absolute Gasteiger partial charge is 0.263 e.